The molecule has 1 saturated carbocycles. The molecule has 1 aliphatic carbocycles. The highest BCUT2D eigenvalue weighted by atomic mass is 32.2. The third-order valence-corrected chi connectivity index (χ3v) is 5.00. The Balaban J connectivity index is 1.67. The smallest absolute Gasteiger partial charge is 0.238 e. The molecule has 1 amide bonds. The van der Waals surface area contributed by atoms with Crippen LogP contribution in [0.2, 0.25) is 0 Å². The number of aromatic nitrogens is 2. The summed E-state index contributed by atoms with van der Waals surface area (Å²) in [5.74, 6) is 0.0474. The quantitative estimate of drug-likeness (QED) is 0.744. The number of nitrogens with zero attached hydrogens (tertiary/aromatic N) is 3. The zero-order chi connectivity index (χ0) is 16.4. The van der Waals surface area contributed by atoms with Gasteiger partial charge in [-0.15, -0.1) is 0 Å². The molecule has 0 spiro atoms. The van der Waals surface area contributed by atoms with Gasteiger partial charge in [-0.25, -0.2) is 13.4 Å². The van der Waals surface area contributed by atoms with E-state index in [2.05, 4.69) is 4.98 Å². The Kier molecular flexibility index (Phi) is 4.72. The molecule has 2 heterocycles. The van der Waals surface area contributed by atoms with Gasteiger partial charge in [-0.3, -0.25) is 4.79 Å². The summed E-state index contributed by atoms with van der Waals surface area (Å²) in [6.07, 6.45) is 7.07. The maximum Gasteiger partial charge on any atom is 0.238 e. The maximum atomic E-state index is 12.3. The van der Waals surface area contributed by atoms with E-state index in [0.29, 0.717) is 25.6 Å². The van der Waals surface area contributed by atoms with Crippen LogP contribution in [0.15, 0.2) is 12.5 Å². The lowest BCUT2D eigenvalue weighted by molar-refractivity contribution is -0.129. The summed E-state index contributed by atoms with van der Waals surface area (Å²) < 4.78 is 30.6. The largest absolute Gasteiger partial charge is 0.381 e. The highest BCUT2D eigenvalue weighted by Crippen LogP contribution is 2.29. The lowest BCUT2D eigenvalue weighted by atomic mass is 10.1. The number of amides is 1. The van der Waals surface area contributed by atoms with Crippen molar-refractivity contribution in [1.82, 2.24) is 14.5 Å². The topological polar surface area (TPSA) is 81.5 Å². The van der Waals surface area contributed by atoms with Crippen molar-refractivity contribution in [3.05, 3.63) is 18.2 Å². The van der Waals surface area contributed by atoms with Gasteiger partial charge in [0.2, 0.25) is 5.91 Å². The van der Waals surface area contributed by atoms with Gasteiger partial charge in [0.25, 0.3) is 0 Å². The van der Waals surface area contributed by atoms with Gasteiger partial charge in [-0.05, 0) is 18.8 Å². The van der Waals surface area contributed by atoms with Crippen molar-refractivity contribution in [2.45, 2.75) is 25.9 Å². The Morgan fingerprint density at radius 1 is 1.30 bits per heavy atom. The van der Waals surface area contributed by atoms with Crippen molar-refractivity contribution in [3.8, 4) is 0 Å². The predicted octanol–water partition coefficient (Wildman–Crippen LogP) is 0.313. The van der Waals surface area contributed by atoms with Crippen LogP contribution >= 0.6 is 0 Å². The summed E-state index contributed by atoms with van der Waals surface area (Å²) in [6.45, 7) is 3.01. The molecule has 0 N–H and O–H groups in total. The standard InChI is InChI=1S/C15H23N3O4S/c1-23(20,21)10-15(19)17-5-13(9-22-8-12-2-3-12)6-18-11-16-4-14(18)7-17/h4,11-13H,2-3,5-10H2,1H3. The van der Waals surface area contributed by atoms with Crippen LogP contribution in [0.25, 0.3) is 0 Å². The molecule has 23 heavy (non-hydrogen) atoms. The molecule has 0 radical (unpaired) electrons. The highest BCUT2D eigenvalue weighted by molar-refractivity contribution is 7.91. The summed E-state index contributed by atoms with van der Waals surface area (Å²) >= 11 is 0. The summed E-state index contributed by atoms with van der Waals surface area (Å²) in [7, 11) is -3.33. The van der Waals surface area contributed by atoms with Gasteiger partial charge < -0.3 is 14.2 Å². The van der Waals surface area contributed by atoms with E-state index >= 15 is 0 Å². The second kappa shape index (κ2) is 6.60. The molecule has 0 bridgehead atoms. The van der Waals surface area contributed by atoms with E-state index in [9.17, 15) is 13.2 Å². The second-order valence-corrected chi connectivity index (χ2v) is 8.87. The molecule has 0 aromatic carbocycles. The normalized spacial score (nSPS) is 21.8. The number of hydrogen-bond acceptors (Lipinski definition) is 5. The van der Waals surface area contributed by atoms with Crippen LogP contribution < -0.4 is 0 Å². The fourth-order valence-corrected chi connectivity index (χ4v) is 3.48. The lowest BCUT2D eigenvalue weighted by Crippen LogP contribution is -2.38. The average Bonchev–Trinajstić information content (AvgIpc) is 3.20. The highest BCUT2D eigenvalue weighted by Gasteiger charge is 2.28. The summed E-state index contributed by atoms with van der Waals surface area (Å²) in [5.41, 5.74) is 0.927. The number of carbonyl (C=O) groups is 1. The van der Waals surface area contributed by atoms with Crippen LogP contribution in [-0.4, -0.2) is 60.5 Å². The lowest BCUT2D eigenvalue weighted by Gasteiger charge is -2.24. The van der Waals surface area contributed by atoms with Crippen LogP contribution in [0.5, 0.6) is 0 Å². The Bertz CT molecular complexity index is 666. The van der Waals surface area contributed by atoms with Gasteiger partial charge in [0.1, 0.15) is 5.75 Å². The number of sulfone groups is 1. The molecule has 1 unspecified atom stereocenters. The predicted molar refractivity (Wildman–Crippen MR) is 84.4 cm³/mol. The van der Waals surface area contributed by atoms with E-state index in [1.54, 1.807) is 17.4 Å². The minimum Gasteiger partial charge on any atom is -0.381 e. The van der Waals surface area contributed by atoms with E-state index in [-0.39, 0.29) is 11.8 Å². The van der Waals surface area contributed by atoms with Crippen molar-refractivity contribution in [2.75, 3.05) is 31.8 Å². The third kappa shape index (κ3) is 4.78. The zero-order valence-electron chi connectivity index (χ0n) is 13.3. The first-order valence-corrected chi connectivity index (χ1v) is 9.99. The summed E-state index contributed by atoms with van der Waals surface area (Å²) in [4.78, 5) is 18.1. The molecule has 2 aliphatic rings. The van der Waals surface area contributed by atoms with E-state index in [1.165, 1.54) is 12.8 Å². The minimum atomic E-state index is -3.33. The van der Waals surface area contributed by atoms with Gasteiger partial charge in [0.15, 0.2) is 9.84 Å². The Labute approximate surface area is 136 Å². The van der Waals surface area contributed by atoms with Crippen LogP contribution in [0.3, 0.4) is 0 Å². The van der Waals surface area contributed by atoms with Crippen molar-refractivity contribution < 1.29 is 17.9 Å². The number of imidazole rings is 1. The molecular formula is C15H23N3O4S. The van der Waals surface area contributed by atoms with Gasteiger partial charge in [0.05, 0.1) is 25.2 Å². The van der Waals surface area contributed by atoms with Gasteiger partial charge in [-0.2, -0.15) is 0 Å². The minimum absolute atomic E-state index is 0.146. The van der Waals surface area contributed by atoms with Crippen LogP contribution in [0.1, 0.15) is 18.5 Å². The van der Waals surface area contributed by atoms with E-state index in [0.717, 1.165) is 25.1 Å². The fraction of sp³-hybridized carbons (Fsp3) is 0.733. The second-order valence-electron chi connectivity index (χ2n) is 6.73. The number of ether oxygens (including phenoxy) is 1. The molecule has 0 saturated heterocycles. The van der Waals surface area contributed by atoms with Crippen molar-refractivity contribution in [3.63, 3.8) is 0 Å². The van der Waals surface area contributed by atoms with Crippen LogP contribution in [0.4, 0.5) is 0 Å². The third-order valence-electron chi connectivity index (χ3n) is 4.23. The molecule has 8 heteroatoms. The van der Waals surface area contributed by atoms with E-state index < -0.39 is 15.6 Å². The molecule has 7 nitrogen and oxygen atoms in total. The first-order chi connectivity index (χ1) is 10.9. The monoisotopic (exact) mass is 341 g/mol. The average molecular weight is 341 g/mol. The van der Waals surface area contributed by atoms with Gasteiger partial charge >= 0.3 is 0 Å². The van der Waals surface area contributed by atoms with Crippen LogP contribution in [0, 0.1) is 11.8 Å². The molecular weight excluding hydrogens is 318 g/mol. The molecule has 1 fully saturated rings. The van der Waals surface area contributed by atoms with Gasteiger partial charge in [-0.1, -0.05) is 0 Å². The Morgan fingerprint density at radius 3 is 2.74 bits per heavy atom. The number of carbonyl (C=O) groups excluding carboxylic acids is 1. The first kappa shape index (κ1) is 16.4. The molecule has 1 aliphatic heterocycles. The number of rotatable bonds is 6. The fourth-order valence-electron chi connectivity index (χ4n) is 2.85. The molecule has 3 rings (SSSR count). The Hall–Kier alpha value is -1.41. The van der Waals surface area contributed by atoms with Crippen molar-refractivity contribution >= 4 is 15.7 Å². The summed E-state index contributed by atoms with van der Waals surface area (Å²) in [5, 5.41) is 0. The maximum absolute atomic E-state index is 12.3. The van der Waals surface area contributed by atoms with E-state index in [1.807, 2.05) is 4.57 Å². The SMILES string of the molecule is CS(=O)(=O)CC(=O)N1Cc2cncn2CC(COCC2CC2)C1. The Morgan fingerprint density at radius 2 is 2.04 bits per heavy atom. The summed E-state index contributed by atoms with van der Waals surface area (Å²) in [6, 6.07) is 0. The number of fused-ring (bicyclic) bond motifs is 1. The molecule has 1 atom stereocenters. The number of hydrogen-bond donors (Lipinski definition) is 0. The van der Waals surface area contributed by atoms with Crippen LogP contribution in [-0.2, 0) is 32.5 Å². The van der Waals surface area contributed by atoms with Crippen molar-refractivity contribution in [1.29, 1.82) is 0 Å². The zero-order valence-corrected chi connectivity index (χ0v) is 14.2. The molecule has 1 aromatic heterocycles. The first-order valence-electron chi connectivity index (χ1n) is 7.93. The van der Waals surface area contributed by atoms with E-state index in [4.69, 9.17) is 4.74 Å². The van der Waals surface area contributed by atoms with Crippen molar-refractivity contribution in [2.24, 2.45) is 11.8 Å². The molecule has 1 aromatic rings. The molecule has 128 valence electrons. The van der Waals surface area contributed by atoms with Gasteiger partial charge in [0, 0.05) is 38.1 Å².